The minimum absolute atomic E-state index is 0.148. The Kier molecular flexibility index (Phi) is 5.56. The van der Waals surface area contributed by atoms with E-state index in [1.54, 1.807) is 37.7 Å². The lowest BCUT2D eigenvalue weighted by Gasteiger charge is -2.37. The van der Waals surface area contributed by atoms with Crippen LogP contribution >= 0.6 is 11.3 Å². The maximum Gasteiger partial charge on any atom is 0.248 e. The van der Waals surface area contributed by atoms with E-state index in [0.29, 0.717) is 5.56 Å². The van der Waals surface area contributed by atoms with Gasteiger partial charge in [-0.25, -0.2) is 0 Å². The summed E-state index contributed by atoms with van der Waals surface area (Å²) >= 11 is 1.76. The van der Waals surface area contributed by atoms with Crippen LogP contribution in [0.25, 0.3) is 0 Å². The largest absolute Gasteiger partial charge is 0.493 e. The average molecular weight is 409 g/mol. The van der Waals surface area contributed by atoms with Gasteiger partial charge in [0.2, 0.25) is 5.91 Å². The van der Waals surface area contributed by atoms with E-state index in [1.165, 1.54) is 16.0 Å². The minimum atomic E-state index is -0.402. The number of benzene rings is 2. The number of carbonyl (C=O) groups is 1. The summed E-state index contributed by atoms with van der Waals surface area (Å²) in [4.78, 5) is 15.1. The fourth-order valence-corrected chi connectivity index (χ4v) is 4.83. The first-order valence-corrected chi connectivity index (χ1v) is 10.4. The number of nitrogens with zero attached hydrogens (tertiary/aromatic N) is 1. The zero-order valence-electron chi connectivity index (χ0n) is 16.6. The third kappa shape index (κ3) is 3.86. The summed E-state index contributed by atoms with van der Waals surface area (Å²) < 4.78 is 11.1. The van der Waals surface area contributed by atoms with Crippen molar-refractivity contribution in [2.75, 3.05) is 20.8 Å². The molecule has 0 bridgehead atoms. The number of rotatable bonds is 6. The number of ether oxygens (including phenoxy) is 2. The fourth-order valence-electron chi connectivity index (χ4n) is 3.96. The van der Waals surface area contributed by atoms with Crippen molar-refractivity contribution in [3.8, 4) is 11.5 Å². The van der Waals surface area contributed by atoms with Crippen molar-refractivity contribution >= 4 is 17.2 Å². The number of carbonyl (C=O) groups excluding carboxylic acids is 1. The van der Waals surface area contributed by atoms with Crippen LogP contribution < -0.4 is 15.2 Å². The third-order valence-electron chi connectivity index (χ3n) is 5.41. The Morgan fingerprint density at radius 2 is 1.86 bits per heavy atom. The molecule has 2 heterocycles. The Morgan fingerprint density at radius 3 is 2.48 bits per heavy atom. The van der Waals surface area contributed by atoms with E-state index in [4.69, 9.17) is 15.2 Å². The lowest BCUT2D eigenvalue weighted by atomic mass is 9.90. The first-order chi connectivity index (χ1) is 14.1. The summed E-state index contributed by atoms with van der Waals surface area (Å²) in [6.45, 7) is 1.72. The first-order valence-electron chi connectivity index (χ1n) is 9.51. The van der Waals surface area contributed by atoms with Gasteiger partial charge in [-0.05, 0) is 58.8 Å². The van der Waals surface area contributed by atoms with Crippen molar-refractivity contribution < 1.29 is 14.3 Å². The highest BCUT2D eigenvalue weighted by Gasteiger charge is 2.31. The summed E-state index contributed by atoms with van der Waals surface area (Å²) in [6, 6.07) is 16.2. The molecule has 4 rings (SSSR count). The topological polar surface area (TPSA) is 64.8 Å². The zero-order chi connectivity index (χ0) is 20.4. The van der Waals surface area contributed by atoms with Crippen LogP contribution in [0.2, 0.25) is 0 Å². The molecule has 3 aromatic rings. The number of amides is 1. The second-order valence-electron chi connectivity index (χ2n) is 7.11. The number of thiophene rings is 1. The second kappa shape index (κ2) is 8.27. The van der Waals surface area contributed by atoms with E-state index >= 15 is 0 Å². The molecule has 0 fully saturated rings. The zero-order valence-corrected chi connectivity index (χ0v) is 17.4. The van der Waals surface area contributed by atoms with Crippen LogP contribution in [-0.2, 0) is 13.0 Å². The van der Waals surface area contributed by atoms with Gasteiger partial charge in [-0.3, -0.25) is 9.69 Å². The average Bonchev–Trinajstić information content (AvgIpc) is 3.27. The number of hydrogen-bond donors (Lipinski definition) is 1. The van der Waals surface area contributed by atoms with Crippen LogP contribution in [0.1, 0.15) is 38.0 Å². The van der Waals surface area contributed by atoms with E-state index in [0.717, 1.165) is 36.6 Å². The van der Waals surface area contributed by atoms with Crippen molar-refractivity contribution in [3.63, 3.8) is 0 Å². The van der Waals surface area contributed by atoms with Crippen molar-refractivity contribution in [1.29, 1.82) is 0 Å². The molecule has 1 aliphatic rings. The Hall–Kier alpha value is -2.83. The van der Waals surface area contributed by atoms with Crippen LogP contribution in [0.5, 0.6) is 11.5 Å². The third-order valence-corrected chi connectivity index (χ3v) is 6.34. The van der Waals surface area contributed by atoms with Crippen molar-refractivity contribution in [2.24, 2.45) is 5.73 Å². The fraction of sp³-hybridized carbons (Fsp3) is 0.261. The summed E-state index contributed by atoms with van der Waals surface area (Å²) in [6.07, 6.45) is 0.941. The van der Waals surface area contributed by atoms with Crippen molar-refractivity contribution in [1.82, 2.24) is 4.90 Å². The van der Waals surface area contributed by atoms with E-state index < -0.39 is 5.91 Å². The predicted molar refractivity (Wildman–Crippen MR) is 115 cm³/mol. The van der Waals surface area contributed by atoms with Gasteiger partial charge in [-0.1, -0.05) is 18.2 Å². The molecule has 1 aromatic heterocycles. The Bertz CT molecular complexity index is 1000. The monoisotopic (exact) mass is 408 g/mol. The highest BCUT2D eigenvalue weighted by Crippen LogP contribution is 2.42. The predicted octanol–water partition coefficient (Wildman–Crippen LogP) is 4.01. The number of hydrogen-bond acceptors (Lipinski definition) is 5. The molecular weight excluding hydrogens is 384 g/mol. The molecule has 2 aromatic carbocycles. The Balaban J connectivity index is 1.71. The summed E-state index contributed by atoms with van der Waals surface area (Å²) in [5.41, 5.74) is 9.60. The van der Waals surface area contributed by atoms with Crippen molar-refractivity contribution in [3.05, 3.63) is 81.0 Å². The SMILES string of the molecule is COc1cc2c(cc1OC)C(c1cccs1)N(Cc1ccc(C(N)=O)cc1)CC2. The van der Waals surface area contributed by atoms with Crippen LogP contribution in [-0.4, -0.2) is 31.6 Å². The lowest BCUT2D eigenvalue weighted by molar-refractivity contribution is 0.1000. The molecular formula is C23H24N2O3S. The number of methoxy groups -OCH3 is 2. The number of fused-ring (bicyclic) bond motifs is 1. The number of primary amides is 1. The molecule has 0 saturated heterocycles. The van der Waals surface area contributed by atoms with Gasteiger partial charge in [0.25, 0.3) is 0 Å². The van der Waals surface area contributed by atoms with Crippen LogP contribution in [0, 0.1) is 0 Å². The van der Waals surface area contributed by atoms with Gasteiger partial charge in [0.05, 0.1) is 20.3 Å². The molecule has 1 unspecified atom stereocenters. The molecule has 1 atom stereocenters. The van der Waals surface area contributed by atoms with Gasteiger partial charge in [-0.15, -0.1) is 11.3 Å². The molecule has 29 heavy (non-hydrogen) atoms. The van der Waals surface area contributed by atoms with Crippen molar-refractivity contribution in [2.45, 2.75) is 19.0 Å². The summed E-state index contributed by atoms with van der Waals surface area (Å²) in [7, 11) is 3.34. The molecule has 1 amide bonds. The lowest BCUT2D eigenvalue weighted by Crippen LogP contribution is -2.35. The standard InChI is InChI=1S/C23H24N2O3S/c1-27-19-12-17-9-10-25(14-15-5-7-16(8-6-15)23(24)26)22(21-4-3-11-29-21)18(17)13-20(19)28-2/h3-8,11-13,22H,9-10,14H2,1-2H3,(H2,24,26). The van der Waals surface area contributed by atoms with E-state index in [-0.39, 0.29) is 6.04 Å². The minimum Gasteiger partial charge on any atom is -0.493 e. The number of nitrogens with two attached hydrogens (primary N) is 1. The van der Waals surface area contributed by atoms with Gasteiger partial charge in [-0.2, -0.15) is 0 Å². The van der Waals surface area contributed by atoms with Gasteiger partial charge < -0.3 is 15.2 Å². The van der Waals surface area contributed by atoms with Crippen LogP contribution in [0.4, 0.5) is 0 Å². The van der Waals surface area contributed by atoms with E-state index in [2.05, 4.69) is 34.5 Å². The van der Waals surface area contributed by atoms with Gasteiger partial charge in [0.1, 0.15) is 0 Å². The smallest absolute Gasteiger partial charge is 0.248 e. The Morgan fingerprint density at radius 1 is 1.14 bits per heavy atom. The van der Waals surface area contributed by atoms with E-state index in [9.17, 15) is 4.79 Å². The van der Waals surface area contributed by atoms with Gasteiger partial charge in [0.15, 0.2) is 11.5 Å². The molecule has 0 aliphatic carbocycles. The highest BCUT2D eigenvalue weighted by molar-refractivity contribution is 7.10. The quantitative estimate of drug-likeness (QED) is 0.669. The van der Waals surface area contributed by atoms with Crippen LogP contribution in [0.15, 0.2) is 53.9 Å². The molecule has 0 saturated carbocycles. The van der Waals surface area contributed by atoms with E-state index in [1.807, 2.05) is 12.1 Å². The maximum absolute atomic E-state index is 11.4. The molecule has 150 valence electrons. The summed E-state index contributed by atoms with van der Waals surface area (Å²) in [5.74, 6) is 1.12. The highest BCUT2D eigenvalue weighted by atomic mass is 32.1. The molecule has 1 aliphatic heterocycles. The Labute approximate surface area is 174 Å². The molecule has 2 N–H and O–H groups in total. The molecule has 0 radical (unpaired) electrons. The molecule has 5 nitrogen and oxygen atoms in total. The first kappa shape index (κ1) is 19.5. The maximum atomic E-state index is 11.4. The van der Waals surface area contributed by atoms with Gasteiger partial charge >= 0.3 is 0 Å². The summed E-state index contributed by atoms with van der Waals surface area (Å²) in [5, 5.41) is 2.12. The van der Waals surface area contributed by atoms with Gasteiger partial charge in [0, 0.05) is 23.5 Å². The molecule has 0 spiro atoms. The second-order valence-corrected chi connectivity index (χ2v) is 8.08. The molecule has 6 heteroatoms. The van der Waals surface area contributed by atoms with Crippen LogP contribution in [0.3, 0.4) is 0 Å². The normalized spacial score (nSPS) is 16.3.